The average Bonchev–Trinajstić information content (AvgIpc) is 2.65. The van der Waals surface area contributed by atoms with E-state index in [1.807, 2.05) is 19.1 Å². The second-order valence-corrected chi connectivity index (χ2v) is 5.90. The molecule has 0 atom stereocenters. The molecule has 2 aromatic carbocycles. The van der Waals surface area contributed by atoms with Crippen LogP contribution in [0, 0.1) is 6.92 Å². The maximum absolute atomic E-state index is 12.5. The summed E-state index contributed by atoms with van der Waals surface area (Å²) in [6.07, 6.45) is 0.761. The van der Waals surface area contributed by atoms with E-state index in [0.29, 0.717) is 24.6 Å². The van der Waals surface area contributed by atoms with Crippen LogP contribution in [0.15, 0.2) is 47.5 Å². The highest BCUT2D eigenvalue weighted by atomic mass is 19.3. The Labute approximate surface area is 158 Å². The number of guanidine groups is 1. The van der Waals surface area contributed by atoms with Crippen molar-refractivity contribution < 1.29 is 18.3 Å². The second-order valence-electron chi connectivity index (χ2n) is 5.90. The van der Waals surface area contributed by atoms with Crippen LogP contribution in [0.1, 0.15) is 16.7 Å². The molecule has 0 spiro atoms. The lowest BCUT2D eigenvalue weighted by molar-refractivity contribution is -0.0504. The molecule has 0 radical (unpaired) electrons. The van der Waals surface area contributed by atoms with E-state index >= 15 is 0 Å². The molecule has 0 aliphatic carbocycles. The van der Waals surface area contributed by atoms with Gasteiger partial charge in [0.05, 0.1) is 7.11 Å². The van der Waals surface area contributed by atoms with Crippen LogP contribution in [-0.2, 0) is 13.0 Å². The second kappa shape index (κ2) is 10.4. The minimum Gasteiger partial charge on any atom is -0.496 e. The monoisotopic (exact) mass is 377 g/mol. The van der Waals surface area contributed by atoms with Gasteiger partial charge in [0.1, 0.15) is 11.5 Å². The number of ether oxygens (including phenoxy) is 2. The number of hydrogen-bond acceptors (Lipinski definition) is 3. The lowest BCUT2D eigenvalue weighted by Crippen LogP contribution is -2.38. The van der Waals surface area contributed by atoms with E-state index in [1.54, 1.807) is 32.4 Å². The predicted molar refractivity (Wildman–Crippen MR) is 103 cm³/mol. The molecule has 0 fully saturated rings. The topological polar surface area (TPSA) is 54.9 Å². The first-order valence-electron chi connectivity index (χ1n) is 8.64. The van der Waals surface area contributed by atoms with E-state index in [-0.39, 0.29) is 5.75 Å². The third-order valence-corrected chi connectivity index (χ3v) is 3.98. The zero-order valence-corrected chi connectivity index (χ0v) is 15.8. The molecule has 2 N–H and O–H groups in total. The van der Waals surface area contributed by atoms with E-state index < -0.39 is 6.61 Å². The van der Waals surface area contributed by atoms with Crippen molar-refractivity contribution >= 4 is 5.96 Å². The molecule has 27 heavy (non-hydrogen) atoms. The van der Waals surface area contributed by atoms with Crippen LogP contribution in [-0.4, -0.2) is 33.3 Å². The van der Waals surface area contributed by atoms with Gasteiger partial charge in [0.25, 0.3) is 0 Å². The zero-order chi connectivity index (χ0) is 19.6. The van der Waals surface area contributed by atoms with Crippen LogP contribution in [0.5, 0.6) is 11.5 Å². The molecule has 5 nitrogen and oxygen atoms in total. The van der Waals surface area contributed by atoms with Crippen LogP contribution in [0.25, 0.3) is 0 Å². The maximum atomic E-state index is 12.5. The minimum absolute atomic E-state index is 0.153. The summed E-state index contributed by atoms with van der Waals surface area (Å²) < 4.78 is 34.9. The number of rotatable bonds is 8. The van der Waals surface area contributed by atoms with E-state index in [0.717, 1.165) is 17.7 Å². The molecule has 0 saturated carbocycles. The number of nitrogens with one attached hydrogen (secondary N) is 2. The molecule has 0 amide bonds. The van der Waals surface area contributed by atoms with E-state index in [9.17, 15) is 8.78 Å². The van der Waals surface area contributed by atoms with Crippen molar-refractivity contribution in [1.82, 2.24) is 10.6 Å². The highest BCUT2D eigenvalue weighted by Crippen LogP contribution is 2.20. The van der Waals surface area contributed by atoms with Crippen LogP contribution < -0.4 is 20.1 Å². The highest BCUT2D eigenvalue weighted by Gasteiger charge is 2.09. The average molecular weight is 377 g/mol. The van der Waals surface area contributed by atoms with Crippen molar-refractivity contribution in [2.24, 2.45) is 4.99 Å². The fourth-order valence-electron chi connectivity index (χ4n) is 2.68. The largest absolute Gasteiger partial charge is 0.496 e. The summed E-state index contributed by atoms with van der Waals surface area (Å²) in [6, 6.07) is 12.7. The normalized spacial score (nSPS) is 11.4. The molecular weight excluding hydrogens is 352 g/mol. The highest BCUT2D eigenvalue weighted by molar-refractivity contribution is 5.79. The Morgan fingerprint density at radius 3 is 2.56 bits per heavy atom. The number of aliphatic imine (C=N–C) groups is 1. The number of nitrogens with zero attached hydrogens (tertiary/aromatic N) is 1. The molecule has 0 aromatic heterocycles. The van der Waals surface area contributed by atoms with Crippen LogP contribution in [0.2, 0.25) is 0 Å². The summed E-state index contributed by atoms with van der Waals surface area (Å²) in [4.78, 5) is 4.16. The number of para-hydroxylation sites is 1. The van der Waals surface area contributed by atoms with Gasteiger partial charge in [-0.3, -0.25) is 4.99 Å². The minimum atomic E-state index is -2.85. The van der Waals surface area contributed by atoms with Crippen LogP contribution in [0.4, 0.5) is 8.78 Å². The molecular formula is C20H25F2N3O2. The summed E-state index contributed by atoms with van der Waals surface area (Å²) in [5, 5.41) is 6.32. The molecule has 146 valence electrons. The number of methoxy groups -OCH3 is 1. The molecule has 7 heteroatoms. The Hall–Kier alpha value is -2.83. The fourth-order valence-corrected chi connectivity index (χ4v) is 2.68. The zero-order valence-electron chi connectivity index (χ0n) is 15.8. The van der Waals surface area contributed by atoms with E-state index in [1.165, 1.54) is 11.6 Å². The van der Waals surface area contributed by atoms with Gasteiger partial charge in [0.15, 0.2) is 5.96 Å². The SMILES string of the molecule is CN=C(NCCc1cc(C)ccc1OC)NCc1ccccc1OC(F)F. The van der Waals surface area contributed by atoms with Crippen molar-refractivity contribution in [3.05, 3.63) is 59.2 Å². The van der Waals surface area contributed by atoms with Crippen molar-refractivity contribution in [3.63, 3.8) is 0 Å². The summed E-state index contributed by atoms with van der Waals surface area (Å²) in [7, 11) is 3.31. The summed E-state index contributed by atoms with van der Waals surface area (Å²) in [6.45, 7) is 0.147. The Bertz CT molecular complexity index is 767. The van der Waals surface area contributed by atoms with Gasteiger partial charge in [-0.25, -0.2) is 0 Å². The standard InChI is InChI=1S/C20H25F2N3O2/c1-14-8-9-17(26-3)15(12-14)10-11-24-20(23-2)25-13-16-6-4-5-7-18(16)27-19(21)22/h4-9,12,19H,10-11,13H2,1-3H3,(H2,23,24,25). The van der Waals surface area contributed by atoms with Gasteiger partial charge in [-0.15, -0.1) is 0 Å². The number of halogens is 2. The molecule has 0 bridgehead atoms. The van der Waals surface area contributed by atoms with Crippen LogP contribution >= 0.6 is 0 Å². The van der Waals surface area contributed by atoms with Crippen molar-refractivity contribution in [2.75, 3.05) is 20.7 Å². The Morgan fingerprint density at radius 2 is 1.85 bits per heavy atom. The smallest absolute Gasteiger partial charge is 0.387 e. The van der Waals surface area contributed by atoms with Gasteiger partial charge in [-0.05, 0) is 31.0 Å². The van der Waals surface area contributed by atoms with Gasteiger partial charge in [-0.2, -0.15) is 8.78 Å². The number of aryl methyl sites for hydroxylation is 1. The molecule has 0 aliphatic rings. The maximum Gasteiger partial charge on any atom is 0.387 e. The van der Waals surface area contributed by atoms with Crippen molar-refractivity contribution in [1.29, 1.82) is 0 Å². The molecule has 0 heterocycles. The van der Waals surface area contributed by atoms with Gasteiger partial charge in [0, 0.05) is 25.7 Å². The first-order chi connectivity index (χ1) is 13.0. The van der Waals surface area contributed by atoms with Crippen molar-refractivity contribution in [2.45, 2.75) is 26.5 Å². The third-order valence-electron chi connectivity index (χ3n) is 3.98. The third kappa shape index (κ3) is 6.44. The first-order valence-corrected chi connectivity index (χ1v) is 8.64. The number of alkyl halides is 2. The molecule has 0 unspecified atom stereocenters. The lowest BCUT2D eigenvalue weighted by Gasteiger charge is -2.15. The van der Waals surface area contributed by atoms with Gasteiger partial charge in [-0.1, -0.05) is 35.9 Å². The predicted octanol–water partition coefficient (Wildman–Crippen LogP) is 3.51. The Kier molecular flexibility index (Phi) is 7.85. The molecule has 2 rings (SSSR count). The summed E-state index contributed by atoms with van der Waals surface area (Å²) in [5.74, 6) is 1.58. The van der Waals surface area contributed by atoms with E-state index in [2.05, 4.69) is 26.4 Å². The number of hydrogen-bond donors (Lipinski definition) is 2. The molecule has 0 aliphatic heterocycles. The number of benzene rings is 2. The summed E-state index contributed by atoms with van der Waals surface area (Å²) in [5.41, 5.74) is 2.90. The summed E-state index contributed by atoms with van der Waals surface area (Å²) >= 11 is 0. The van der Waals surface area contributed by atoms with Gasteiger partial charge >= 0.3 is 6.61 Å². The Morgan fingerprint density at radius 1 is 1.07 bits per heavy atom. The molecule has 2 aromatic rings. The first kappa shape index (κ1) is 20.5. The Balaban J connectivity index is 1.89. The van der Waals surface area contributed by atoms with Crippen LogP contribution in [0.3, 0.4) is 0 Å². The van der Waals surface area contributed by atoms with Crippen molar-refractivity contribution in [3.8, 4) is 11.5 Å². The quantitative estimate of drug-likeness (QED) is 0.546. The van der Waals surface area contributed by atoms with E-state index in [4.69, 9.17) is 4.74 Å². The fraction of sp³-hybridized carbons (Fsp3) is 0.350. The lowest BCUT2D eigenvalue weighted by atomic mass is 10.1. The molecule has 0 saturated heterocycles. The van der Waals surface area contributed by atoms with Gasteiger partial charge in [0.2, 0.25) is 0 Å². The van der Waals surface area contributed by atoms with Gasteiger partial charge < -0.3 is 20.1 Å².